The minimum atomic E-state index is -0.269. The van der Waals surface area contributed by atoms with Crippen LogP contribution in [-0.2, 0) is 28.9 Å². The molecule has 0 bridgehead atoms. The average molecular weight is 301 g/mol. The van der Waals surface area contributed by atoms with E-state index >= 15 is 0 Å². The largest absolute Gasteiger partial charge is 0.384 e. The molecule has 7 nitrogen and oxygen atoms in total. The molecule has 0 spiro atoms. The second-order valence-corrected chi connectivity index (χ2v) is 5.29. The van der Waals surface area contributed by atoms with Crippen LogP contribution in [0.25, 0.3) is 0 Å². The number of nitrogens with zero attached hydrogens (tertiary/aromatic N) is 2. The molecule has 1 atom stereocenters. The van der Waals surface area contributed by atoms with E-state index in [0.29, 0.717) is 25.4 Å². The molecule has 0 saturated carbocycles. The topological polar surface area (TPSA) is 91.9 Å². The summed E-state index contributed by atoms with van der Waals surface area (Å²) in [7, 11) is 1.67. The van der Waals surface area contributed by atoms with Crippen LogP contribution >= 0.6 is 0 Å². The van der Waals surface area contributed by atoms with Crippen LogP contribution in [0.4, 0.5) is 5.82 Å². The van der Waals surface area contributed by atoms with E-state index in [1.165, 1.54) is 0 Å². The maximum Gasteiger partial charge on any atom is 0.243 e. The molecule has 3 rings (SSSR count). The summed E-state index contributed by atoms with van der Waals surface area (Å²) in [5.41, 5.74) is 3.21. The molecule has 22 heavy (non-hydrogen) atoms. The maximum absolute atomic E-state index is 12.4. The number of aromatic amines is 1. The van der Waals surface area contributed by atoms with Gasteiger partial charge in [0.05, 0.1) is 24.5 Å². The van der Waals surface area contributed by atoms with Gasteiger partial charge in [-0.1, -0.05) is 0 Å². The van der Waals surface area contributed by atoms with Crippen molar-refractivity contribution in [3.8, 4) is 0 Å². The lowest BCUT2D eigenvalue weighted by Gasteiger charge is -2.22. The smallest absolute Gasteiger partial charge is 0.243 e. The molecule has 0 saturated heterocycles. The van der Waals surface area contributed by atoms with Crippen molar-refractivity contribution in [3.63, 3.8) is 0 Å². The number of nitrogens with one attached hydrogen (secondary N) is 3. The number of rotatable bonds is 5. The van der Waals surface area contributed by atoms with Crippen molar-refractivity contribution >= 4 is 11.7 Å². The number of hydrogen-bond acceptors (Lipinski definition) is 5. The number of aromatic nitrogens is 3. The molecule has 7 heteroatoms. The Morgan fingerprint density at radius 1 is 1.55 bits per heavy atom. The highest BCUT2D eigenvalue weighted by Crippen LogP contribution is 2.15. The van der Waals surface area contributed by atoms with Gasteiger partial charge in [0.1, 0.15) is 5.82 Å². The first-order chi connectivity index (χ1) is 10.8. The van der Waals surface area contributed by atoms with Crippen molar-refractivity contribution in [3.05, 3.63) is 41.3 Å². The van der Waals surface area contributed by atoms with Gasteiger partial charge in [0.2, 0.25) is 5.91 Å². The molecule has 0 fully saturated rings. The number of ether oxygens (including phenoxy) is 1. The van der Waals surface area contributed by atoms with Crippen molar-refractivity contribution in [1.29, 1.82) is 0 Å². The molecule has 116 valence electrons. The second kappa shape index (κ2) is 6.67. The molecule has 1 aliphatic heterocycles. The Kier molecular flexibility index (Phi) is 4.45. The van der Waals surface area contributed by atoms with E-state index in [9.17, 15) is 4.79 Å². The fourth-order valence-corrected chi connectivity index (χ4v) is 2.50. The highest BCUT2D eigenvalue weighted by Gasteiger charge is 2.25. The van der Waals surface area contributed by atoms with Gasteiger partial charge >= 0.3 is 0 Å². The van der Waals surface area contributed by atoms with Crippen molar-refractivity contribution < 1.29 is 9.53 Å². The minimum absolute atomic E-state index is 0.0803. The van der Waals surface area contributed by atoms with Crippen LogP contribution in [0.3, 0.4) is 0 Å². The standard InChI is InChI=1S/C15H19N5O2/c1-22-5-3-10-2-4-16-14(6-10)19-15(21)12-7-11-8-18-20-13(11)9-17-12/h2,4,6,8,12,17H,3,5,7,9H2,1H3,(H,18,20)(H,16,19,21). The average Bonchev–Trinajstić information content (AvgIpc) is 3.00. The summed E-state index contributed by atoms with van der Waals surface area (Å²) in [6.07, 6.45) is 4.89. The molecule has 3 heterocycles. The van der Waals surface area contributed by atoms with Crippen molar-refractivity contribution in [2.24, 2.45) is 0 Å². The highest BCUT2D eigenvalue weighted by atomic mass is 16.5. The number of amides is 1. The lowest BCUT2D eigenvalue weighted by molar-refractivity contribution is -0.118. The zero-order chi connectivity index (χ0) is 15.4. The maximum atomic E-state index is 12.4. The Balaban J connectivity index is 1.62. The van der Waals surface area contributed by atoms with E-state index in [1.807, 2.05) is 12.1 Å². The van der Waals surface area contributed by atoms with Gasteiger partial charge in [-0.15, -0.1) is 0 Å². The van der Waals surface area contributed by atoms with Gasteiger partial charge in [0, 0.05) is 26.3 Å². The molecule has 3 N–H and O–H groups in total. The number of carbonyl (C=O) groups excluding carboxylic acids is 1. The van der Waals surface area contributed by atoms with E-state index in [4.69, 9.17) is 4.74 Å². The summed E-state index contributed by atoms with van der Waals surface area (Å²) < 4.78 is 5.06. The van der Waals surface area contributed by atoms with E-state index in [0.717, 1.165) is 23.2 Å². The van der Waals surface area contributed by atoms with Gasteiger partial charge in [-0.2, -0.15) is 5.10 Å². The summed E-state index contributed by atoms with van der Waals surface area (Å²) in [5, 5.41) is 13.0. The normalized spacial score (nSPS) is 17.0. The quantitative estimate of drug-likeness (QED) is 0.754. The highest BCUT2D eigenvalue weighted by molar-refractivity contribution is 5.94. The molecule has 2 aromatic heterocycles. The monoisotopic (exact) mass is 301 g/mol. The van der Waals surface area contributed by atoms with Crippen LogP contribution in [-0.4, -0.2) is 40.8 Å². The predicted molar refractivity (Wildman–Crippen MR) is 81.4 cm³/mol. The predicted octanol–water partition coefficient (Wildman–Crippen LogP) is 0.647. The zero-order valence-electron chi connectivity index (χ0n) is 12.4. The lowest BCUT2D eigenvalue weighted by atomic mass is 10.0. The number of pyridine rings is 1. The number of fused-ring (bicyclic) bond motifs is 1. The molecule has 0 radical (unpaired) electrons. The number of anilines is 1. The third kappa shape index (κ3) is 3.32. The van der Waals surface area contributed by atoms with Gasteiger partial charge in [0.25, 0.3) is 0 Å². The van der Waals surface area contributed by atoms with Crippen LogP contribution in [0.2, 0.25) is 0 Å². The number of hydrogen-bond donors (Lipinski definition) is 3. The zero-order valence-corrected chi connectivity index (χ0v) is 12.4. The van der Waals surface area contributed by atoms with Crippen molar-refractivity contribution in [2.75, 3.05) is 19.0 Å². The van der Waals surface area contributed by atoms with E-state index in [1.54, 1.807) is 19.5 Å². The van der Waals surface area contributed by atoms with Crippen LogP contribution < -0.4 is 10.6 Å². The molecule has 1 unspecified atom stereocenters. The summed E-state index contributed by atoms with van der Waals surface area (Å²) in [6.45, 7) is 1.26. The van der Waals surface area contributed by atoms with Crippen molar-refractivity contribution in [1.82, 2.24) is 20.5 Å². The van der Waals surface area contributed by atoms with Gasteiger partial charge in [-0.3, -0.25) is 15.2 Å². The van der Waals surface area contributed by atoms with E-state index in [-0.39, 0.29) is 11.9 Å². The number of H-pyrrole nitrogens is 1. The third-order valence-corrected chi connectivity index (χ3v) is 3.74. The molecule has 1 amide bonds. The van der Waals surface area contributed by atoms with Gasteiger partial charge in [-0.25, -0.2) is 4.98 Å². The van der Waals surface area contributed by atoms with Gasteiger partial charge in [-0.05, 0) is 29.7 Å². The number of methoxy groups -OCH3 is 1. The Hall–Kier alpha value is -2.25. The first-order valence-electron chi connectivity index (χ1n) is 7.25. The van der Waals surface area contributed by atoms with Gasteiger partial charge in [0.15, 0.2) is 0 Å². The Morgan fingerprint density at radius 3 is 3.32 bits per heavy atom. The second-order valence-electron chi connectivity index (χ2n) is 5.29. The fraction of sp³-hybridized carbons (Fsp3) is 0.400. The number of carbonyl (C=O) groups is 1. The van der Waals surface area contributed by atoms with Crippen LogP contribution in [0, 0.1) is 0 Å². The summed E-state index contributed by atoms with van der Waals surface area (Å²) >= 11 is 0. The first kappa shape index (κ1) is 14.7. The minimum Gasteiger partial charge on any atom is -0.384 e. The molecule has 0 aromatic carbocycles. The van der Waals surface area contributed by atoms with Crippen LogP contribution in [0.1, 0.15) is 16.8 Å². The fourth-order valence-electron chi connectivity index (χ4n) is 2.50. The Labute approximate surface area is 128 Å². The molecule has 1 aliphatic rings. The van der Waals surface area contributed by atoms with E-state index in [2.05, 4.69) is 25.8 Å². The molecular formula is C15H19N5O2. The van der Waals surface area contributed by atoms with Crippen molar-refractivity contribution in [2.45, 2.75) is 25.4 Å². The summed E-state index contributed by atoms with van der Waals surface area (Å²) in [6, 6.07) is 3.53. The Bertz CT molecular complexity index is 655. The first-order valence-corrected chi connectivity index (χ1v) is 7.25. The molecular weight excluding hydrogens is 282 g/mol. The summed E-state index contributed by atoms with van der Waals surface area (Å²) in [4.78, 5) is 16.6. The van der Waals surface area contributed by atoms with Crippen LogP contribution in [0.15, 0.2) is 24.5 Å². The van der Waals surface area contributed by atoms with Crippen LogP contribution in [0.5, 0.6) is 0 Å². The molecule has 2 aromatic rings. The lowest BCUT2D eigenvalue weighted by Crippen LogP contribution is -2.44. The van der Waals surface area contributed by atoms with E-state index < -0.39 is 0 Å². The SMILES string of the molecule is COCCc1ccnc(NC(=O)C2Cc3cn[nH]c3CN2)c1. The Morgan fingerprint density at radius 2 is 2.45 bits per heavy atom. The summed E-state index contributed by atoms with van der Waals surface area (Å²) in [5.74, 6) is 0.488. The molecule has 0 aliphatic carbocycles. The van der Waals surface area contributed by atoms with Gasteiger partial charge < -0.3 is 10.1 Å². The third-order valence-electron chi connectivity index (χ3n) is 3.74.